The average Bonchev–Trinajstić information content (AvgIpc) is 3.07. The molecule has 2 atom stereocenters. The van der Waals surface area contributed by atoms with E-state index < -0.39 is 12.0 Å². The Bertz CT molecular complexity index is 988. The smallest absolute Gasteiger partial charge is 0.329 e. The second-order valence-corrected chi connectivity index (χ2v) is 7.34. The number of nitrogens with zero attached hydrogens (tertiary/aromatic N) is 2. The number of hydrogen-bond acceptors (Lipinski definition) is 5. The van der Waals surface area contributed by atoms with E-state index in [1.807, 2.05) is 50.4 Å². The maximum absolute atomic E-state index is 13.1. The quantitative estimate of drug-likeness (QED) is 0.627. The molecule has 2 heterocycles. The number of thiophene rings is 1. The first-order valence-electron chi connectivity index (χ1n) is 8.68. The molecule has 136 valence electrons. The summed E-state index contributed by atoms with van der Waals surface area (Å²) in [6.45, 7) is 7.47. The summed E-state index contributed by atoms with van der Waals surface area (Å²) in [6.07, 6.45) is 1.98. The summed E-state index contributed by atoms with van der Waals surface area (Å²) in [4.78, 5) is 30.5. The standard InChI is InChI=1S/C20H22N2O3S/c1-5-13(3)25-20(24)14(4)22-11-21-18-17(19(22)23)16(10-26-18)15-8-6-12(2)7-9-15/h6-11,13-14H,5H2,1-4H3/t13-,14+/m0/s1. The summed E-state index contributed by atoms with van der Waals surface area (Å²) in [5.41, 5.74) is 2.75. The van der Waals surface area contributed by atoms with Crippen molar-refractivity contribution in [2.75, 3.05) is 0 Å². The predicted molar refractivity (Wildman–Crippen MR) is 105 cm³/mol. The zero-order valence-corrected chi connectivity index (χ0v) is 16.2. The third-order valence-corrected chi connectivity index (χ3v) is 5.42. The zero-order valence-electron chi connectivity index (χ0n) is 15.4. The Morgan fingerprint density at radius 1 is 1.27 bits per heavy atom. The number of fused-ring (bicyclic) bond motifs is 1. The van der Waals surface area contributed by atoms with Crippen LogP contribution < -0.4 is 5.56 Å². The minimum absolute atomic E-state index is 0.179. The third-order valence-electron chi connectivity index (χ3n) is 4.53. The lowest BCUT2D eigenvalue weighted by Crippen LogP contribution is -2.31. The minimum atomic E-state index is -0.723. The second-order valence-electron chi connectivity index (χ2n) is 6.48. The first-order chi connectivity index (χ1) is 12.4. The number of benzene rings is 1. The van der Waals surface area contributed by atoms with Crippen LogP contribution in [-0.2, 0) is 9.53 Å². The molecule has 0 aliphatic carbocycles. The lowest BCUT2D eigenvalue weighted by Gasteiger charge is -2.17. The van der Waals surface area contributed by atoms with Crippen LogP contribution in [0.3, 0.4) is 0 Å². The van der Waals surface area contributed by atoms with Gasteiger partial charge in [0, 0.05) is 10.9 Å². The Balaban J connectivity index is 2.05. The van der Waals surface area contributed by atoms with E-state index in [4.69, 9.17) is 4.74 Å². The molecular formula is C20H22N2O3S. The monoisotopic (exact) mass is 370 g/mol. The molecule has 6 heteroatoms. The van der Waals surface area contributed by atoms with E-state index in [1.165, 1.54) is 22.2 Å². The fraction of sp³-hybridized carbons (Fsp3) is 0.350. The Hall–Kier alpha value is -2.47. The van der Waals surface area contributed by atoms with Gasteiger partial charge in [0.15, 0.2) is 0 Å². The number of aromatic nitrogens is 2. The van der Waals surface area contributed by atoms with Gasteiger partial charge in [-0.05, 0) is 32.8 Å². The molecule has 3 rings (SSSR count). The highest BCUT2D eigenvalue weighted by Crippen LogP contribution is 2.31. The fourth-order valence-corrected chi connectivity index (χ4v) is 3.57. The van der Waals surface area contributed by atoms with Crippen molar-refractivity contribution in [3.63, 3.8) is 0 Å². The summed E-state index contributed by atoms with van der Waals surface area (Å²) >= 11 is 1.43. The van der Waals surface area contributed by atoms with Crippen LogP contribution in [0, 0.1) is 6.92 Å². The van der Waals surface area contributed by atoms with Gasteiger partial charge in [0.25, 0.3) is 5.56 Å². The molecule has 0 radical (unpaired) electrons. The molecule has 0 aliphatic rings. The lowest BCUT2D eigenvalue weighted by molar-refractivity contribution is -0.152. The number of esters is 1. The van der Waals surface area contributed by atoms with Crippen molar-refractivity contribution in [2.24, 2.45) is 0 Å². The lowest BCUT2D eigenvalue weighted by atomic mass is 10.0. The van der Waals surface area contributed by atoms with Gasteiger partial charge in [0.1, 0.15) is 10.9 Å². The van der Waals surface area contributed by atoms with E-state index in [0.717, 1.165) is 23.1 Å². The van der Waals surface area contributed by atoms with E-state index in [0.29, 0.717) is 10.2 Å². The first kappa shape index (κ1) is 18.3. The zero-order chi connectivity index (χ0) is 18.8. The van der Waals surface area contributed by atoms with E-state index in [1.54, 1.807) is 6.92 Å². The second kappa shape index (κ2) is 7.41. The molecule has 26 heavy (non-hydrogen) atoms. The first-order valence-corrected chi connectivity index (χ1v) is 9.56. The molecule has 3 aromatic rings. The molecule has 0 bridgehead atoms. The van der Waals surface area contributed by atoms with E-state index in [-0.39, 0.29) is 11.7 Å². The number of hydrogen-bond donors (Lipinski definition) is 0. The van der Waals surface area contributed by atoms with Crippen molar-refractivity contribution >= 4 is 27.5 Å². The molecule has 2 aromatic heterocycles. The van der Waals surface area contributed by atoms with Gasteiger partial charge in [0.2, 0.25) is 0 Å². The van der Waals surface area contributed by atoms with Gasteiger partial charge in [0.05, 0.1) is 17.8 Å². The summed E-state index contributed by atoms with van der Waals surface area (Å²) < 4.78 is 6.73. The van der Waals surface area contributed by atoms with Crippen molar-refractivity contribution in [2.45, 2.75) is 46.3 Å². The highest BCUT2D eigenvalue weighted by molar-refractivity contribution is 7.17. The SMILES string of the molecule is CC[C@H](C)OC(=O)[C@@H](C)n1cnc2scc(-c3ccc(C)cc3)c2c1=O. The summed E-state index contributed by atoms with van der Waals surface area (Å²) in [7, 11) is 0. The molecule has 0 spiro atoms. The molecule has 0 saturated heterocycles. The molecule has 0 unspecified atom stereocenters. The average molecular weight is 370 g/mol. The van der Waals surface area contributed by atoms with Gasteiger partial charge in [-0.2, -0.15) is 0 Å². The summed E-state index contributed by atoms with van der Waals surface area (Å²) in [5, 5.41) is 2.49. The highest BCUT2D eigenvalue weighted by Gasteiger charge is 2.22. The summed E-state index contributed by atoms with van der Waals surface area (Å²) in [6, 6.07) is 7.29. The third kappa shape index (κ3) is 3.42. The molecule has 5 nitrogen and oxygen atoms in total. The van der Waals surface area contributed by atoms with Gasteiger partial charge < -0.3 is 4.74 Å². The molecule has 0 saturated carbocycles. The fourth-order valence-electron chi connectivity index (χ4n) is 2.66. The van der Waals surface area contributed by atoms with Crippen LogP contribution in [-0.4, -0.2) is 21.6 Å². The maximum Gasteiger partial charge on any atom is 0.329 e. The van der Waals surface area contributed by atoms with Gasteiger partial charge in [-0.25, -0.2) is 9.78 Å². The van der Waals surface area contributed by atoms with E-state index in [9.17, 15) is 9.59 Å². The van der Waals surface area contributed by atoms with Crippen LogP contribution in [0.4, 0.5) is 0 Å². The van der Waals surface area contributed by atoms with Crippen molar-refractivity contribution in [3.8, 4) is 11.1 Å². The van der Waals surface area contributed by atoms with Crippen LogP contribution in [0.1, 0.15) is 38.8 Å². The highest BCUT2D eigenvalue weighted by atomic mass is 32.1. The van der Waals surface area contributed by atoms with E-state index >= 15 is 0 Å². The number of aryl methyl sites for hydroxylation is 1. The van der Waals surface area contributed by atoms with Gasteiger partial charge in [-0.1, -0.05) is 36.8 Å². The topological polar surface area (TPSA) is 61.2 Å². The Kier molecular flexibility index (Phi) is 5.23. The van der Waals surface area contributed by atoms with Crippen LogP contribution in [0.2, 0.25) is 0 Å². The molecule has 0 fully saturated rings. The van der Waals surface area contributed by atoms with E-state index in [2.05, 4.69) is 4.98 Å². The van der Waals surface area contributed by atoms with Crippen LogP contribution in [0.15, 0.2) is 40.8 Å². The van der Waals surface area contributed by atoms with Gasteiger partial charge in [-0.3, -0.25) is 9.36 Å². The van der Waals surface area contributed by atoms with Gasteiger partial charge in [-0.15, -0.1) is 11.3 Å². The van der Waals surface area contributed by atoms with Crippen molar-refractivity contribution in [1.82, 2.24) is 9.55 Å². The van der Waals surface area contributed by atoms with Crippen molar-refractivity contribution in [3.05, 3.63) is 51.9 Å². The predicted octanol–water partition coefficient (Wildman–Crippen LogP) is 4.34. The molecule has 0 amide bonds. The normalized spacial score (nSPS) is 13.5. The van der Waals surface area contributed by atoms with Gasteiger partial charge >= 0.3 is 5.97 Å². The minimum Gasteiger partial charge on any atom is -0.461 e. The molecule has 1 aromatic carbocycles. The molecular weight excluding hydrogens is 348 g/mol. The van der Waals surface area contributed by atoms with Crippen LogP contribution >= 0.6 is 11.3 Å². The van der Waals surface area contributed by atoms with Crippen molar-refractivity contribution < 1.29 is 9.53 Å². The maximum atomic E-state index is 13.1. The molecule has 0 N–H and O–H groups in total. The van der Waals surface area contributed by atoms with Crippen LogP contribution in [0.5, 0.6) is 0 Å². The number of rotatable bonds is 5. The largest absolute Gasteiger partial charge is 0.461 e. The number of carbonyl (C=O) groups excluding carboxylic acids is 1. The Labute approximate surface area is 156 Å². The number of ether oxygens (including phenoxy) is 1. The summed E-state index contributed by atoms with van der Waals surface area (Å²) in [5.74, 6) is -0.422. The molecule has 0 aliphatic heterocycles. The Morgan fingerprint density at radius 3 is 2.62 bits per heavy atom. The van der Waals surface area contributed by atoms with Crippen molar-refractivity contribution in [1.29, 1.82) is 0 Å². The number of carbonyl (C=O) groups is 1. The van der Waals surface area contributed by atoms with Crippen LogP contribution in [0.25, 0.3) is 21.3 Å². The Morgan fingerprint density at radius 2 is 1.96 bits per heavy atom.